The molecule has 9 rings (SSSR count). The summed E-state index contributed by atoms with van der Waals surface area (Å²) in [5.41, 5.74) is 4.56. The van der Waals surface area contributed by atoms with Crippen LogP contribution in [-0.2, 0) is 13.0 Å². The number of terminal acetylenes is 1. The molecule has 5 fully saturated rings. The summed E-state index contributed by atoms with van der Waals surface area (Å²) in [7, 11) is 0. The molecule has 2 aromatic carbocycles. The molecule has 4 saturated heterocycles. The molecule has 6 heterocycles. The molecule has 240 valence electrons. The highest BCUT2D eigenvalue weighted by Crippen LogP contribution is 2.57. The summed E-state index contributed by atoms with van der Waals surface area (Å²) in [6, 6.07) is 11.9. The Morgan fingerprint density at radius 3 is 2.76 bits per heavy atom. The first kappa shape index (κ1) is 28.7. The molecule has 1 saturated carbocycles. The maximum absolute atomic E-state index is 10.7. The number of nitrogens with zero attached hydrogens (tertiary/aromatic N) is 5. The fourth-order valence-corrected chi connectivity index (χ4v) is 10.6. The van der Waals surface area contributed by atoms with E-state index in [-0.39, 0.29) is 11.3 Å². The predicted molar refractivity (Wildman–Crippen MR) is 182 cm³/mol. The van der Waals surface area contributed by atoms with Crippen molar-refractivity contribution in [3.63, 3.8) is 0 Å². The van der Waals surface area contributed by atoms with E-state index in [1.807, 2.05) is 24.3 Å². The van der Waals surface area contributed by atoms with Crippen LogP contribution >= 0.6 is 0 Å². The maximum atomic E-state index is 10.7. The van der Waals surface area contributed by atoms with E-state index in [2.05, 4.69) is 32.9 Å². The Kier molecular flexibility index (Phi) is 6.70. The molecular formula is C38H46N6O2. The van der Waals surface area contributed by atoms with Crippen LogP contribution in [0.5, 0.6) is 11.8 Å². The highest BCUT2D eigenvalue weighted by Gasteiger charge is 2.59. The summed E-state index contributed by atoms with van der Waals surface area (Å²) in [6.07, 6.45) is 18.3. The number of piperazine rings is 1. The smallest absolute Gasteiger partial charge is 0.318 e. The molecule has 0 amide bonds. The third kappa shape index (κ3) is 4.57. The molecule has 1 aromatic heterocycles. The minimum absolute atomic E-state index is 0.0927. The summed E-state index contributed by atoms with van der Waals surface area (Å²) in [6.45, 7) is 7.76. The Morgan fingerprint density at radius 1 is 1.04 bits per heavy atom. The van der Waals surface area contributed by atoms with E-state index in [4.69, 9.17) is 21.1 Å². The lowest BCUT2D eigenvalue weighted by Crippen LogP contribution is -2.52. The number of benzene rings is 2. The second-order valence-corrected chi connectivity index (χ2v) is 15.4. The number of hydrogen-bond donors (Lipinski definition) is 2. The molecule has 3 aromatic rings. The van der Waals surface area contributed by atoms with Gasteiger partial charge in [0, 0.05) is 66.0 Å². The van der Waals surface area contributed by atoms with Gasteiger partial charge in [-0.05, 0) is 80.8 Å². The molecule has 46 heavy (non-hydrogen) atoms. The van der Waals surface area contributed by atoms with Gasteiger partial charge in [-0.25, -0.2) is 0 Å². The number of phenols is 1. The molecule has 6 aliphatic rings. The van der Waals surface area contributed by atoms with Crippen LogP contribution in [0, 0.1) is 17.8 Å². The zero-order chi connectivity index (χ0) is 31.0. The third-order valence-corrected chi connectivity index (χ3v) is 12.5. The molecular weight excluding hydrogens is 572 g/mol. The summed E-state index contributed by atoms with van der Waals surface area (Å²) >= 11 is 0. The van der Waals surface area contributed by atoms with Gasteiger partial charge < -0.3 is 25.0 Å². The number of hydrogen-bond acceptors (Lipinski definition) is 8. The Bertz CT molecular complexity index is 1720. The molecule has 5 aliphatic heterocycles. The molecule has 0 spiro atoms. The van der Waals surface area contributed by atoms with Gasteiger partial charge in [0.05, 0.1) is 17.8 Å². The number of anilines is 2. The molecule has 2 bridgehead atoms. The number of fused-ring (bicyclic) bond motifs is 7. The lowest BCUT2D eigenvalue weighted by molar-refractivity contribution is 0.0693. The van der Waals surface area contributed by atoms with Gasteiger partial charge in [-0.3, -0.25) is 4.90 Å². The van der Waals surface area contributed by atoms with Crippen LogP contribution in [0.2, 0.25) is 0 Å². The third-order valence-electron chi connectivity index (χ3n) is 12.5. The van der Waals surface area contributed by atoms with Crippen LogP contribution in [0.1, 0.15) is 81.5 Å². The van der Waals surface area contributed by atoms with E-state index in [1.165, 1.54) is 69.9 Å². The quantitative estimate of drug-likeness (QED) is 0.369. The number of aromatic hydroxyl groups is 1. The van der Waals surface area contributed by atoms with Crippen LogP contribution in [0.15, 0.2) is 30.3 Å². The summed E-state index contributed by atoms with van der Waals surface area (Å²) in [5.74, 6) is 4.19. The van der Waals surface area contributed by atoms with Crippen LogP contribution in [-0.4, -0.2) is 76.4 Å². The van der Waals surface area contributed by atoms with Gasteiger partial charge in [-0.2, -0.15) is 9.97 Å². The van der Waals surface area contributed by atoms with Crippen molar-refractivity contribution in [2.24, 2.45) is 5.41 Å². The van der Waals surface area contributed by atoms with Gasteiger partial charge in [0.2, 0.25) is 0 Å². The van der Waals surface area contributed by atoms with Gasteiger partial charge in [0.25, 0.3) is 0 Å². The largest absolute Gasteiger partial charge is 0.508 e. The molecule has 5 unspecified atom stereocenters. The van der Waals surface area contributed by atoms with Gasteiger partial charge >= 0.3 is 6.01 Å². The number of ether oxygens (including phenoxy) is 1. The van der Waals surface area contributed by atoms with Crippen molar-refractivity contribution in [3.05, 3.63) is 47.2 Å². The number of phenolic OH excluding ortho intramolecular Hbond substituents is 1. The van der Waals surface area contributed by atoms with Crippen LogP contribution in [0.4, 0.5) is 11.5 Å². The second-order valence-electron chi connectivity index (χ2n) is 15.4. The first-order valence-corrected chi connectivity index (χ1v) is 17.7. The van der Waals surface area contributed by atoms with Crippen LogP contribution in [0.25, 0.3) is 10.8 Å². The first-order chi connectivity index (χ1) is 22.4. The van der Waals surface area contributed by atoms with Crippen LogP contribution < -0.4 is 19.9 Å². The first-order valence-electron chi connectivity index (χ1n) is 17.7. The van der Waals surface area contributed by atoms with Crippen molar-refractivity contribution in [1.29, 1.82) is 0 Å². The van der Waals surface area contributed by atoms with Crippen molar-refractivity contribution in [2.45, 2.75) is 101 Å². The fraction of sp³-hybridized carbons (Fsp3) is 0.579. The van der Waals surface area contributed by atoms with E-state index in [9.17, 15) is 5.11 Å². The van der Waals surface area contributed by atoms with Crippen LogP contribution in [0.3, 0.4) is 0 Å². The maximum Gasteiger partial charge on any atom is 0.318 e. The highest BCUT2D eigenvalue weighted by atomic mass is 16.5. The SMILES string of the molecule is C#Cc1cccc2cc(O)cc(N3CCc4c(nc(OCC56CCCN5C5CCCCC5(C)C6)nc4N4CC5CCC(C4)N5)C3)c12. The molecule has 5 atom stereocenters. The van der Waals surface area contributed by atoms with Gasteiger partial charge in [0.1, 0.15) is 18.2 Å². The van der Waals surface area contributed by atoms with Gasteiger partial charge in [-0.1, -0.05) is 37.8 Å². The molecule has 1 aliphatic carbocycles. The van der Waals surface area contributed by atoms with Crippen molar-refractivity contribution in [2.75, 3.05) is 42.6 Å². The van der Waals surface area contributed by atoms with E-state index in [0.717, 1.165) is 59.6 Å². The topological polar surface area (TPSA) is 77.0 Å². The normalized spacial score (nSPS) is 31.9. The number of nitrogens with one attached hydrogen (secondary N) is 1. The molecule has 2 N–H and O–H groups in total. The molecule has 0 radical (unpaired) electrons. The standard InChI is InChI=1S/C38H46N6O2/c1-3-25-8-6-9-26-18-29(45)19-32(34(25)26)42-17-13-30-31(22-42)40-36(41-35(30)43-20-27-11-12-28(21-43)39-27)46-24-38-15-7-16-44(38)33-10-4-5-14-37(33,2)23-38/h1,6,8-9,18-19,27-28,33,39,45H,4-5,7,10-17,20-24H2,2H3. The summed E-state index contributed by atoms with van der Waals surface area (Å²) in [4.78, 5) is 18.1. The zero-order valence-electron chi connectivity index (χ0n) is 27.1. The molecule has 8 heteroatoms. The summed E-state index contributed by atoms with van der Waals surface area (Å²) < 4.78 is 6.79. The van der Waals surface area contributed by atoms with Crippen molar-refractivity contribution >= 4 is 22.3 Å². The number of rotatable bonds is 5. The molecule has 8 nitrogen and oxygen atoms in total. The van der Waals surface area contributed by atoms with E-state index in [0.29, 0.717) is 42.7 Å². The zero-order valence-corrected chi connectivity index (χ0v) is 27.1. The fourth-order valence-electron chi connectivity index (χ4n) is 10.6. The Labute approximate surface area is 272 Å². The lowest BCUT2D eigenvalue weighted by atomic mass is 9.69. The average Bonchev–Trinajstić information content (AvgIpc) is 3.70. The minimum atomic E-state index is 0.0927. The Morgan fingerprint density at radius 2 is 1.91 bits per heavy atom. The van der Waals surface area contributed by atoms with Crippen molar-refractivity contribution < 1.29 is 9.84 Å². The lowest BCUT2D eigenvalue weighted by Gasteiger charge is -2.39. The van der Waals surface area contributed by atoms with E-state index >= 15 is 0 Å². The van der Waals surface area contributed by atoms with Gasteiger partial charge in [-0.15, -0.1) is 6.42 Å². The highest BCUT2D eigenvalue weighted by molar-refractivity contribution is 6.00. The minimum Gasteiger partial charge on any atom is -0.508 e. The second kappa shape index (κ2) is 10.7. The predicted octanol–water partition coefficient (Wildman–Crippen LogP) is 5.39. The van der Waals surface area contributed by atoms with Gasteiger partial charge in [0.15, 0.2) is 0 Å². The van der Waals surface area contributed by atoms with E-state index < -0.39 is 0 Å². The van der Waals surface area contributed by atoms with Crippen molar-refractivity contribution in [1.82, 2.24) is 20.2 Å². The Hall–Kier alpha value is -3.54. The average molecular weight is 619 g/mol. The number of aromatic nitrogens is 2. The Balaban J connectivity index is 1.07. The summed E-state index contributed by atoms with van der Waals surface area (Å²) in [5, 5.41) is 16.5. The monoisotopic (exact) mass is 618 g/mol. The van der Waals surface area contributed by atoms with Crippen molar-refractivity contribution in [3.8, 4) is 24.1 Å². The van der Waals surface area contributed by atoms with E-state index in [1.54, 1.807) is 6.07 Å².